The molecule has 1 aliphatic rings. The van der Waals surface area contributed by atoms with Crippen molar-refractivity contribution in [2.75, 3.05) is 0 Å². The highest BCUT2D eigenvalue weighted by molar-refractivity contribution is 5.92. The van der Waals surface area contributed by atoms with E-state index in [-0.39, 0.29) is 0 Å². The van der Waals surface area contributed by atoms with Gasteiger partial charge in [0.2, 0.25) is 0 Å². The molecule has 0 saturated carbocycles. The highest BCUT2D eigenvalue weighted by Crippen LogP contribution is 2.00. The normalized spacial score (nSPS) is 19.7. The van der Waals surface area contributed by atoms with Crippen LogP contribution in [0.3, 0.4) is 0 Å². The molecule has 0 amide bonds. The van der Waals surface area contributed by atoms with Gasteiger partial charge in [0.1, 0.15) is 0 Å². The predicted octanol–water partition coefficient (Wildman–Crippen LogP) is 0.881. The van der Waals surface area contributed by atoms with Crippen LogP contribution in [-0.4, -0.2) is 10.6 Å². The Bertz CT molecular complexity index is 92.1. The first kappa shape index (κ1) is 3.59. The molecule has 0 heterocycles. The van der Waals surface area contributed by atoms with E-state index >= 15 is 0 Å². The van der Waals surface area contributed by atoms with E-state index in [0.29, 0.717) is 5.78 Å². The highest BCUT2D eigenvalue weighted by Gasteiger charge is 2.05. The molecule has 0 bridgehead atoms. The van der Waals surface area contributed by atoms with E-state index in [1.807, 2.05) is 6.08 Å². The van der Waals surface area contributed by atoms with E-state index in [9.17, 15) is 0 Å². The van der Waals surface area contributed by atoms with Gasteiger partial charge in [-0.15, -0.1) is 0 Å². The predicted molar refractivity (Wildman–Crippen MR) is 25.3 cm³/mol. The Labute approximate surface area is 36.7 Å². The molecular formula is C5H7O+. The van der Waals surface area contributed by atoms with Crippen LogP contribution in [0.1, 0.15) is 12.8 Å². The summed E-state index contributed by atoms with van der Waals surface area (Å²) in [5.41, 5.74) is 0. The maximum atomic E-state index is 8.56. The van der Waals surface area contributed by atoms with Gasteiger partial charge < -0.3 is 0 Å². The topological polar surface area (TPSA) is 21.4 Å². The van der Waals surface area contributed by atoms with Crippen LogP contribution in [0, 0.1) is 0 Å². The molecule has 0 aromatic heterocycles. The minimum atomic E-state index is 0.523. The van der Waals surface area contributed by atoms with Gasteiger partial charge in [0.05, 0.1) is 6.42 Å². The summed E-state index contributed by atoms with van der Waals surface area (Å²) in [4.78, 5) is 8.56. The largest absolute Gasteiger partial charge is 0.316 e. The monoisotopic (exact) mass is 83.0 g/mol. The summed E-state index contributed by atoms with van der Waals surface area (Å²) in [6.07, 6.45) is 5.58. The van der Waals surface area contributed by atoms with E-state index in [0.717, 1.165) is 12.8 Å². The molecule has 1 N–H and O–H groups in total. The first-order valence-corrected chi connectivity index (χ1v) is 2.11. The summed E-state index contributed by atoms with van der Waals surface area (Å²) in [6, 6.07) is 0. The summed E-state index contributed by atoms with van der Waals surface area (Å²) < 4.78 is 0. The molecule has 1 aliphatic carbocycles. The van der Waals surface area contributed by atoms with Crippen molar-refractivity contribution >= 4 is 5.78 Å². The van der Waals surface area contributed by atoms with Crippen molar-refractivity contribution < 1.29 is 4.79 Å². The average Bonchev–Trinajstić information content (AvgIpc) is 1.86. The Morgan fingerprint density at radius 1 is 1.67 bits per heavy atom. The van der Waals surface area contributed by atoms with Gasteiger partial charge in [-0.1, -0.05) is 6.08 Å². The Morgan fingerprint density at radius 2 is 2.50 bits per heavy atom. The first-order chi connectivity index (χ1) is 2.89. The van der Waals surface area contributed by atoms with Crippen molar-refractivity contribution in [3.05, 3.63) is 12.2 Å². The zero-order valence-corrected chi connectivity index (χ0v) is 3.52. The standard InChI is InChI=1S/C5H6O/c6-5-3-1-2-4-5/h1,3H,2,4H2/p+1. The fraction of sp³-hybridized carbons (Fsp3) is 0.400. The van der Waals surface area contributed by atoms with E-state index < -0.39 is 0 Å². The Morgan fingerprint density at radius 3 is 2.67 bits per heavy atom. The van der Waals surface area contributed by atoms with Crippen molar-refractivity contribution in [1.82, 2.24) is 0 Å². The van der Waals surface area contributed by atoms with Crippen LogP contribution in [0.4, 0.5) is 0 Å². The quantitative estimate of drug-likeness (QED) is 0.388. The number of ketones is 1. The number of carbonyl (C=O) groups excluding carboxylic acids is 1. The number of hydrogen-bond donors (Lipinski definition) is 0. The fourth-order valence-electron chi connectivity index (χ4n) is 0.534. The second kappa shape index (κ2) is 1.25. The number of allylic oxidation sites excluding steroid dienone is 2. The zero-order chi connectivity index (χ0) is 4.41. The van der Waals surface area contributed by atoms with Gasteiger partial charge >= 0.3 is 5.78 Å². The van der Waals surface area contributed by atoms with Gasteiger partial charge in [-0.3, -0.25) is 4.79 Å². The van der Waals surface area contributed by atoms with Crippen molar-refractivity contribution in [1.29, 1.82) is 0 Å². The molecule has 0 atom stereocenters. The van der Waals surface area contributed by atoms with Gasteiger partial charge in [-0.25, -0.2) is 0 Å². The third-order valence-corrected chi connectivity index (χ3v) is 0.877. The summed E-state index contributed by atoms with van der Waals surface area (Å²) in [6.45, 7) is 0. The maximum absolute atomic E-state index is 8.56. The van der Waals surface area contributed by atoms with Crippen molar-refractivity contribution in [2.45, 2.75) is 12.8 Å². The lowest BCUT2D eigenvalue weighted by molar-refractivity contribution is 0.668. The van der Waals surface area contributed by atoms with Gasteiger partial charge in [0.25, 0.3) is 0 Å². The van der Waals surface area contributed by atoms with Crippen molar-refractivity contribution in [3.8, 4) is 0 Å². The third kappa shape index (κ3) is 0.482. The van der Waals surface area contributed by atoms with Crippen LogP contribution in [0.2, 0.25) is 0 Å². The molecule has 0 radical (unpaired) electrons. The Balaban J connectivity index is 2.59. The summed E-state index contributed by atoms with van der Waals surface area (Å²) in [5.74, 6) is 0.523. The van der Waals surface area contributed by atoms with Gasteiger partial charge in [0.15, 0.2) is 0 Å². The van der Waals surface area contributed by atoms with Gasteiger partial charge in [-0.05, 0) is 6.42 Å². The molecule has 0 spiro atoms. The second-order valence-corrected chi connectivity index (χ2v) is 1.43. The van der Waals surface area contributed by atoms with Crippen LogP contribution in [0.5, 0.6) is 0 Å². The van der Waals surface area contributed by atoms with E-state index in [2.05, 4.69) is 0 Å². The lowest BCUT2D eigenvalue weighted by Gasteiger charge is -1.64. The van der Waals surface area contributed by atoms with E-state index in [1.54, 1.807) is 6.08 Å². The fourth-order valence-corrected chi connectivity index (χ4v) is 0.534. The van der Waals surface area contributed by atoms with Gasteiger partial charge in [0, 0.05) is 6.08 Å². The lowest BCUT2D eigenvalue weighted by atomic mass is 10.3. The summed E-state index contributed by atoms with van der Waals surface area (Å²) in [7, 11) is 0. The summed E-state index contributed by atoms with van der Waals surface area (Å²) in [5, 5.41) is 0. The van der Waals surface area contributed by atoms with Crippen molar-refractivity contribution in [2.24, 2.45) is 0 Å². The Kier molecular flexibility index (Phi) is 0.748. The van der Waals surface area contributed by atoms with E-state index in [4.69, 9.17) is 4.79 Å². The molecule has 0 aromatic carbocycles. The molecule has 0 saturated heterocycles. The highest BCUT2D eigenvalue weighted by atomic mass is 16.1. The molecule has 1 nitrogen and oxygen atoms in total. The molecule has 0 aliphatic heterocycles. The molecule has 6 heavy (non-hydrogen) atoms. The van der Waals surface area contributed by atoms with Crippen molar-refractivity contribution in [3.63, 3.8) is 0 Å². The SMILES string of the molecule is [OH+]=C1C=CCC1. The van der Waals surface area contributed by atoms with Crippen LogP contribution in [-0.2, 0) is 0 Å². The van der Waals surface area contributed by atoms with E-state index in [1.165, 1.54) is 0 Å². The van der Waals surface area contributed by atoms with Crippen LogP contribution in [0.15, 0.2) is 12.2 Å². The average molecular weight is 83.1 g/mol. The Hall–Kier alpha value is -0.590. The molecule has 32 valence electrons. The lowest BCUT2D eigenvalue weighted by Crippen LogP contribution is -1.81. The molecule has 0 fully saturated rings. The second-order valence-electron chi connectivity index (χ2n) is 1.43. The minimum absolute atomic E-state index is 0.523. The first-order valence-electron chi connectivity index (χ1n) is 2.11. The van der Waals surface area contributed by atoms with Crippen LogP contribution >= 0.6 is 0 Å². The van der Waals surface area contributed by atoms with Crippen LogP contribution in [0.25, 0.3) is 0 Å². The number of hydrogen-bond acceptors (Lipinski definition) is 0. The minimum Gasteiger partial charge on any atom is -0.279 e. The molecule has 1 rings (SSSR count). The van der Waals surface area contributed by atoms with Crippen LogP contribution < -0.4 is 0 Å². The van der Waals surface area contributed by atoms with Gasteiger partial charge in [-0.2, -0.15) is 0 Å². The molecule has 1 heteroatoms. The molecular weight excluding hydrogens is 76.1 g/mol. The molecule has 0 unspecified atom stereocenters. The maximum Gasteiger partial charge on any atom is 0.316 e. The zero-order valence-electron chi connectivity index (χ0n) is 3.52. The smallest absolute Gasteiger partial charge is 0.279 e. The molecule has 0 aromatic rings. The third-order valence-electron chi connectivity index (χ3n) is 0.877. The summed E-state index contributed by atoms with van der Waals surface area (Å²) >= 11 is 0. The number of rotatable bonds is 0.